The molecule has 0 bridgehead atoms. The first-order valence-electron chi connectivity index (χ1n) is 5.35. The Balaban J connectivity index is 2.05. The number of ether oxygens (including phenoxy) is 1. The lowest BCUT2D eigenvalue weighted by molar-refractivity contribution is 0.258. The maximum Gasteiger partial charge on any atom is 0.206 e. The molecule has 1 aliphatic rings. The second kappa shape index (κ2) is 4.82. The Labute approximate surface area is 90.4 Å². The summed E-state index contributed by atoms with van der Waals surface area (Å²) < 4.78 is 5.48. The zero-order chi connectivity index (χ0) is 10.5. The van der Waals surface area contributed by atoms with Gasteiger partial charge in [-0.15, -0.1) is 5.10 Å². The average Bonchev–Trinajstić information content (AvgIpc) is 2.31. The maximum atomic E-state index is 5.48. The number of nitrogens with zero attached hydrogens (tertiary/aromatic N) is 2. The lowest BCUT2D eigenvalue weighted by Crippen LogP contribution is -2.18. The summed E-state index contributed by atoms with van der Waals surface area (Å²) >= 11 is 0. The third-order valence-electron chi connectivity index (χ3n) is 2.45. The largest absolute Gasteiger partial charge is 0.480 e. The SMILES string of the molecule is CN(/N=C1/CCCCO1)c1ccccc1. The maximum absolute atomic E-state index is 5.48. The molecule has 3 heteroatoms. The van der Waals surface area contributed by atoms with E-state index in [4.69, 9.17) is 4.74 Å². The van der Waals surface area contributed by atoms with Gasteiger partial charge in [0.1, 0.15) is 0 Å². The van der Waals surface area contributed by atoms with Gasteiger partial charge in [-0.1, -0.05) is 18.2 Å². The van der Waals surface area contributed by atoms with E-state index in [0.29, 0.717) is 0 Å². The highest BCUT2D eigenvalue weighted by Crippen LogP contribution is 2.14. The van der Waals surface area contributed by atoms with Crippen LogP contribution in [0.25, 0.3) is 0 Å². The van der Waals surface area contributed by atoms with Crippen LogP contribution in [0.1, 0.15) is 19.3 Å². The van der Waals surface area contributed by atoms with Crippen molar-refractivity contribution < 1.29 is 4.74 Å². The van der Waals surface area contributed by atoms with E-state index in [-0.39, 0.29) is 0 Å². The Morgan fingerprint density at radius 3 is 2.67 bits per heavy atom. The van der Waals surface area contributed by atoms with E-state index in [1.54, 1.807) is 0 Å². The van der Waals surface area contributed by atoms with Crippen LogP contribution in [-0.4, -0.2) is 19.6 Å². The van der Waals surface area contributed by atoms with Crippen molar-refractivity contribution in [2.45, 2.75) is 19.3 Å². The van der Waals surface area contributed by atoms with Gasteiger partial charge in [-0.05, 0) is 25.0 Å². The molecule has 1 heterocycles. The van der Waals surface area contributed by atoms with Gasteiger partial charge in [0.2, 0.25) is 5.90 Å². The van der Waals surface area contributed by atoms with Gasteiger partial charge in [-0.2, -0.15) is 0 Å². The van der Waals surface area contributed by atoms with Crippen molar-refractivity contribution in [3.05, 3.63) is 30.3 Å². The number of benzene rings is 1. The van der Waals surface area contributed by atoms with Crippen LogP contribution in [0.15, 0.2) is 35.4 Å². The minimum atomic E-state index is 0.807. The number of hydrogen-bond acceptors (Lipinski definition) is 3. The lowest BCUT2D eigenvalue weighted by atomic mass is 10.2. The molecule has 1 aromatic carbocycles. The zero-order valence-corrected chi connectivity index (χ0v) is 9.02. The Bertz CT molecular complexity index is 327. The molecule has 1 aliphatic heterocycles. The highest BCUT2D eigenvalue weighted by atomic mass is 16.5. The van der Waals surface area contributed by atoms with Gasteiger partial charge < -0.3 is 4.74 Å². The van der Waals surface area contributed by atoms with Gasteiger partial charge in [-0.25, -0.2) is 0 Å². The minimum absolute atomic E-state index is 0.807. The van der Waals surface area contributed by atoms with Crippen LogP contribution in [0, 0.1) is 0 Å². The fourth-order valence-corrected chi connectivity index (χ4v) is 1.59. The molecule has 3 nitrogen and oxygen atoms in total. The molecule has 2 rings (SSSR count). The number of hydrogen-bond donors (Lipinski definition) is 0. The summed E-state index contributed by atoms with van der Waals surface area (Å²) in [6.45, 7) is 0.807. The number of hydrazone groups is 1. The molecule has 1 saturated heterocycles. The Hall–Kier alpha value is -1.51. The normalized spacial score (nSPS) is 18.6. The molecule has 15 heavy (non-hydrogen) atoms. The fraction of sp³-hybridized carbons (Fsp3) is 0.417. The molecule has 0 amide bonds. The monoisotopic (exact) mass is 204 g/mol. The zero-order valence-electron chi connectivity index (χ0n) is 9.02. The van der Waals surface area contributed by atoms with Crippen molar-refractivity contribution in [3.8, 4) is 0 Å². The summed E-state index contributed by atoms with van der Waals surface area (Å²) in [5, 5.41) is 6.30. The molecule has 0 spiro atoms. The Kier molecular flexibility index (Phi) is 3.22. The summed E-state index contributed by atoms with van der Waals surface area (Å²) in [5.74, 6) is 0.854. The summed E-state index contributed by atoms with van der Waals surface area (Å²) in [6.07, 6.45) is 3.28. The van der Waals surface area contributed by atoms with E-state index in [1.165, 1.54) is 6.42 Å². The van der Waals surface area contributed by atoms with Crippen LogP contribution in [0.4, 0.5) is 5.69 Å². The predicted molar refractivity (Wildman–Crippen MR) is 62.1 cm³/mol. The van der Waals surface area contributed by atoms with E-state index in [0.717, 1.165) is 31.0 Å². The van der Waals surface area contributed by atoms with E-state index < -0.39 is 0 Å². The standard InChI is InChI=1S/C12H16N2O/c1-14(11-7-3-2-4-8-11)13-12-9-5-6-10-15-12/h2-4,7-8H,5-6,9-10H2,1H3/b13-12-. The van der Waals surface area contributed by atoms with E-state index in [2.05, 4.69) is 5.10 Å². The Morgan fingerprint density at radius 1 is 1.20 bits per heavy atom. The lowest BCUT2D eigenvalue weighted by Gasteiger charge is -2.18. The molecule has 0 saturated carbocycles. The third-order valence-corrected chi connectivity index (χ3v) is 2.45. The van der Waals surface area contributed by atoms with Crippen LogP contribution < -0.4 is 5.01 Å². The predicted octanol–water partition coefficient (Wildman–Crippen LogP) is 2.64. The van der Waals surface area contributed by atoms with E-state index >= 15 is 0 Å². The second-order valence-corrected chi connectivity index (χ2v) is 3.66. The summed E-state index contributed by atoms with van der Waals surface area (Å²) in [5.41, 5.74) is 1.08. The third kappa shape index (κ3) is 2.72. The average molecular weight is 204 g/mol. The molecule has 0 N–H and O–H groups in total. The van der Waals surface area contributed by atoms with Crippen LogP contribution in [-0.2, 0) is 4.74 Å². The first kappa shape index (κ1) is 10.0. The summed E-state index contributed by atoms with van der Waals surface area (Å²) in [6, 6.07) is 10.1. The number of para-hydroxylation sites is 1. The van der Waals surface area contributed by atoms with Crippen molar-refractivity contribution in [1.82, 2.24) is 0 Å². The van der Waals surface area contributed by atoms with Gasteiger partial charge in [0.15, 0.2) is 0 Å². The molecule has 0 aliphatic carbocycles. The molecule has 0 atom stereocenters. The highest BCUT2D eigenvalue weighted by molar-refractivity contribution is 5.77. The highest BCUT2D eigenvalue weighted by Gasteiger charge is 2.08. The molecule has 0 aromatic heterocycles. The fourth-order valence-electron chi connectivity index (χ4n) is 1.59. The second-order valence-electron chi connectivity index (χ2n) is 3.66. The van der Waals surface area contributed by atoms with Crippen molar-refractivity contribution in [2.24, 2.45) is 5.10 Å². The molecular weight excluding hydrogens is 188 g/mol. The quantitative estimate of drug-likeness (QED) is 0.692. The molecule has 1 aromatic rings. The van der Waals surface area contributed by atoms with E-state index in [1.807, 2.05) is 42.4 Å². The van der Waals surface area contributed by atoms with Crippen molar-refractivity contribution in [2.75, 3.05) is 18.7 Å². The van der Waals surface area contributed by atoms with Crippen LogP contribution in [0.3, 0.4) is 0 Å². The van der Waals surface area contributed by atoms with Gasteiger partial charge in [0, 0.05) is 13.5 Å². The number of rotatable bonds is 2. The molecule has 80 valence electrons. The topological polar surface area (TPSA) is 24.8 Å². The van der Waals surface area contributed by atoms with E-state index in [9.17, 15) is 0 Å². The van der Waals surface area contributed by atoms with Gasteiger partial charge >= 0.3 is 0 Å². The van der Waals surface area contributed by atoms with Crippen molar-refractivity contribution in [3.63, 3.8) is 0 Å². The molecule has 1 fully saturated rings. The van der Waals surface area contributed by atoms with Crippen LogP contribution >= 0.6 is 0 Å². The van der Waals surface area contributed by atoms with Gasteiger partial charge in [0.05, 0.1) is 12.3 Å². The first-order chi connectivity index (χ1) is 7.36. The van der Waals surface area contributed by atoms with Gasteiger partial charge in [0.25, 0.3) is 0 Å². The number of anilines is 1. The molecule has 0 radical (unpaired) electrons. The van der Waals surface area contributed by atoms with Crippen molar-refractivity contribution in [1.29, 1.82) is 0 Å². The molecule has 0 unspecified atom stereocenters. The summed E-state index contributed by atoms with van der Waals surface area (Å²) in [7, 11) is 1.94. The van der Waals surface area contributed by atoms with Crippen molar-refractivity contribution >= 4 is 11.6 Å². The first-order valence-corrected chi connectivity index (χ1v) is 5.35. The smallest absolute Gasteiger partial charge is 0.206 e. The van der Waals surface area contributed by atoms with Crippen LogP contribution in [0.2, 0.25) is 0 Å². The summed E-state index contributed by atoms with van der Waals surface area (Å²) in [4.78, 5) is 0. The van der Waals surface area contributed by atoms with Gasteiger partial charge in [-0.3, -0.25) is 5.01 Å². The van der Waals surface area contributed by atoms with Crippen LogP contribution in [0.5, 0.6) is 0 Å². The minimum Gasteiger partial charge on any atom is -0.480 e. The molecular formula is C12H16N2O. The Morgan fingerprint density at radius 2 is 2.00 bits per heavy atom.